The van der Waals surface area contributed by atoms with Gasteiger partial charge in [0.1, 0.15) is 11.0 Å². The number of benzene rings is 1. The Labute approximate surface area is 125 Å². The van der Waals surface area contributed by atoms with Crippen molar-refractivity contribution in [3.8, 4) is 0 Å². The summed E-state index contributed by atoms with van der Waals surface area (Å²) in [5.74, 6) is 1.60. The Bertz CT molecular complexity index is 548. The standard InChI is InChI=1S/C17H19ClN2/c18-16-7-4-8-17(20-16)19-15-11-9-14(10-12-15)13-5-2-1-3-6-13/h1-8,14-15H,9-12H2,(H,19,20). The van der Waals surface area contributed by atoms with Gasteiger partial charge in [-0.1, -0.05) is 48.0 Å². The molecule has 1 aliphatic carbocycles. The van der Waals surface area contributed by atoms with Crippen LogP contribution in [0, 0.1) is 0 Å². The minimum Gasteiger partial charge on any atom is -0.367 e. The third-order valence-electron chi connectivity index (χ3n) is 4.07. The fourth-order valence-electron chi connectivity index (χ4n) is 2.99. The Morgan fingerprint density at radius 1 is 0.900 bits per heavy atom. The lowest BCUT2D eigenvalue weighted by atomic mass is 9.82. The van der Waals surface area contributed by atoms with Crippen molar-refractivity contribution >= 4 is 17.4 Å². The molecular formula is C17H19ClN2. The molecule has 0 radical (unpaired) electrons. The van der Waals surface area contributed by atoms with Crippen molar-refractivity contribution < 1.29 is 0 Å². The highest BCUT2D eigenvalue weighted by Crippen LogP contribution is 2.33. The van der Waals surface area contributed by atoms with Gasteiger partial charge in [0.2, 0.25) is 0 Å². The summed E-state index contributed by atoms with van der Waals surface area (Å²) >= 11 is 5.91. The maximum atomic E-state index is 5.91. The summed E-state index contributed by atoms with van der Waals surface area (Å²) in [6.45, 7) is 0. The number of nitrogens with one attached hydrogen (secondary N) is 1. The summed E-state index contributed by atoms with van der Waals surface area (Å²) in [5, 5.41) is 4.05. The molecule has 0 amide bonds. The summed E-state index contributed by atoms with van der Waals surface area (Å²) in [5.41, 5.74) is 1.48. The second kappa shape index (κ2) is 6.27. The van der Waals surface area contributed by atoms with Crippen LogP contribution in [0.25, 0.3) is 0 Å². The highest BCUT2D eigenvalue weighted by atomic mass is 35.5. The van der Waals surface area contributed by atoms with E-state index in [1.165, 1.54) is 31.2 Å². The van der Waals surface area contributed by atoms with E-state index >= 15 is 0 Å². The highest BCUT2D eigenvalue weighted by molar-refractivity contribution is 6.29. The van der Waals surface area contributed by atoms with E-state index in [0.717, 1.165) is 5.82 Å². The molecule has 1 fully saturated rings. The minimum atomic E-state index is 0.515. The van der Waals surface area contributed by atoms with Crippen LogP contribution in [0.5, 0.6) is 0 Å². The molecule has 1 aliphatic rings. The molecule has 1 aromatic carbocycles. The van der Waals surface area contributed by atoms with Gasteiger partial charge in [-0.15, -0.1) is 0 Å². The van der Waals surface area contributed by atoms with E-state index in [1.54, 1.807) is 6.07 Å². The Balaban J connectivity index is 1.56. The zero-order chi connectivity index (χ0) is 13.8. The molecule has 0 unspecified atom stereocenters. The molecule has 0 saturated heterocycles. The first kappa shape index (κ1) is 13.4. The normalized spacial score (nSPS) is 22.4. The third-order valence-corrected chi connectivity index (χ3v) is 4.28. The smallest absolute Gasteiger partial charge is 0.131 e. The molecule has 0 spiro atoms. The van der Waals surface area contributed by atoms with Crippen LogP contribution in [0.1, 0.15) is 37.2 Å². The van der Waals surface area contributed by atoms with Crippen LogP contribution in [0.2, 0.25) is 5.15 Å². The van der Waals surface area contributed by atoms with Crippen LogP contribution >= 0.6 is 11.6 Å². The van der Waals surface area contributed by atoms with Gasteiger partial charge in [0, 0.05) is 6.04 Å². The van der Waals surface area contributed by atoms with Gasteiger partial charge < -0.3 is 5.32 Å². The number of pyridine rings is 1. The van der Waals surface area contributed by atoms with Crippen molar-refractivity contribution in [1.82, 2.24) is 4.98 Å². The van der Waals surface area contributed by atoms with Crippen molar-refractivity contribution in [2.45, 2.75) is 37.6 Å². The van der Waals surface area contributed by atoms with E-state index in [-0.39, 0.29) is 0 Å². The molecule has 3 rings (SSSR count). The molecule has 2 aromatic rings. The molecule has 0 atom stereocenters. The van der Waals surface area contributed by atoms with Crippen LogP contribution in [0.4, 0.5) is 5.82 Å². The topological polar surface area (TPSA) is 24.9 Å². The second-order valence-electron chi connectivity index (χ2n) is 5.45. The Morgan fingerprint density at radius 3 is 2.35 bits per heavy atom. The zero-order valence-electron chi connectivity index (χ0n) is 11.4. The Hall–Kier alpha value is -1.54. The fourth-order valence-corrected chi connectivity index (χ4v) is 3.16. The lowest BCUT2D eigenvalue weighted by molar-refractivity contribution is 0.411. The zero-order valence-corrected chi connectivity index (χ0v) is 12.2. The summed E-state index contributed by atoms with van der Waals surface area (Å²) in [6.07, 6.45) is 4.85. The largest absolute Gasteiger partial charge is 0.367 e. The van der Waals surface area contributed by atoms with Crippen molar-refractivity contribution in [3.05, 3.63) is 59.2 Å². The predicted octanol–water partition coefficient (Wildman–Crippen LogP) is 4.87. The summed E-state index contributed by atoms with van der Waals surface area (Å²) < 4.78 is 0. The SMILES string of the molecule is Clc1cccc(NC2CCC(c3ccccc3)CC2)n1. The molecular weight excluding hydrogens is 268 g/mol. The van der Waals surface area contributed by atoms with E-state index in [0.29, 0.717) is 17.1 Å². The lowest BCUT2D eigenvalue weighted by Gasteiger charge is -2.29. The van der Waals surface area contributed by atoms with Crippen molar-refractivity contribution in [3.63, 3.8) is 0 Å². The third kappa shape index (κ3) is 3.31. The Kier molecular flexibility index (Phi) is 4.22. The maximum Gasteiger partial charge on any atom is 0.131 e. The summed E-state index contributed by atoms with van der Waals surface area (Å²) in [4.78, 5) is 4.30. The van der Waals surface area contributed by atoms with Gasteiger partial charge in [0.05, 0.1) is 0 Å². The number of rotatable bonds is 3. The average Bonchev–Trinajstić information content (AvgIpc) is 2.49. The van der Waals surface area contributed by atoms with Gasteiger partial charge in [-0.3, -0.25) is 0 Å². The van der Waals surface area contributed by atoms with Crippen LogP contribution in [0.3, 0.4) is 0 Å². The first-order chi connectivity index (χ1) is 9.81. The average molecular weight is 287 g/mol. The van der Waals surface area contributed by atoms with Crippen molar-refractivity contribution in [1.29, 1.82) is 0 Å². The van der Waals surface area contributed by atoms with Gasteiger partial charge in [0.15, 0.2) is 0 Å². The molecule has 2 nitrogen and oxygen atoms in total. The number of hydrogen-bond donors (Lipinski definition) is 1. The number of nitrogens with zero attached hydrogens (tertiary/aromatic N) is 1. The summed E-state index contributed by atoms with van der Waals surface area (Å²) in [7, 11) is 0. The molecule has 1 saturated carbocycles. The van der Waals surface area contributed by atoms with Crippen LogP contribution in [0.15, 0.2) is 48.5 Å². The molecule has 3 heteroatoms. The molecule has 0 aliphatic heterocycles. The van der Waals surface area contributed by atoms with Gasteiger partial charge in [-0.2, -0.15) is 0 Å². The highest BCUT2D eigenvalue weighted by Gasteiger charge is 2.22. The van der Waals surface area contributed by atoms with E-state index in [4.69, 9.17) is 11.6 Å². The van der Waals surface area contributed by atoms with Crippen molar-refractivity contribution in [2.75, 3.05) is 5.32 Å². The second-order valence-corrected chi connectivity index (χ2v) is 5.84. The van der Waals surface area contributed by atoms with E-state index in [2.05, 4.69) is 40.6 Å². The van der Waals surface area contributed by atoms with Crippen molar-refractivity contribution in [2.24, 2.45) is 0 Å². The van der Waals surface area contributed by atoms with E-state index in [1.807, 2.05) is 12.1 Å². The molecule has 0 bridgehead atoms. The van der Waals surface area contributed by atoms with Gasteiger partial charge >= 0.3 is 0 Å². The molecule has 104 valence electrons. The van der Waals surface area contributed by atoms with Crippen LogP contribution < -0.4 is 5.32 Å². The summed E-state index contributed by atoms with van der Waals surface area (Å²) in [6, 6.07) is 17.1. The molecule has 1 heterocycles. The lowest BCUT2D eigenvalue weighted by Crippen LogP contribution is -2.25. The number of aromatic nitrogens is 1. The fraction of sp³-hybridized carbons (Fsp3) is 0.353. The minimum absolute atomic E-state index is 0.515. The van der Waals surface area contributed by atoms with Crippen LogP contribution in [-0.4, -0.2) is 11.0 Å². The van der Waals surface area contributed by atoms with Crippen LogP contribution in [-0.2, 0) is 0 Å². The van der Waals surface area contributed by atoms with E-state index in [9.17, 15) is 0 Å². The molecule has 1 N–H and O–H groups in total. The van der Waals surface area contributed by atoms with E-state index < -0.39 is 0 Å². The number of halogens is 1. The van der Waals surface area contributed by atoms with Gasteiger partial charge in [-0.05, 0) is 49.3 Å². The molecule has 1 aromatic heterocycles. The monoisotopic (exact) mass is 286 g/mol. The van der Waals surface area contributed by atoms with Gasteiger partial charge in [0.25, 0.3) is 0 Å². The van der Waals surface area contributed by atoms with Gasteiger partial charge in [-0.25, -0.2) is 4.98 Å². The first-order valence-electron chi connectivity index (χ1n) is 7.25. The molecule has 20 heavy (non-hydrogen) atoms. The predicted molar refractivity (Wildman–Crippen MR) is 84.3 cm³/mol. The Morgan fingerprint density at radius 2 is 1.65 bits per heavy atom. The maximum absolute atomic E-state index is 5.91. The quantitative estimate of drug-likeness (QED) is 0.814. The first-order valence-corrected chi connectivity index (χ1v) is 7.63. The number of hydrogen-bond acceptors (Lipinski definition) is 2. The number of anilines is 1.